The van der Waals surface area contributed by atoms with Crippen LogP contribution in [0.3, 0.4) is 0 Å². The lowest BCUT2D eigenvalue weighted by Gasteiger charge is -2.15. The zero-order valence-electron chi connectivity index (χ0n) is 17.7. The van der Waals surface area contributed by atoms with Crippen LogP contribution in [0.2, 0.25) is 0 Å². The minimum atomic E-state index is -4.62. The summed E-state index contributed by atoms with van der Waals surface area (Å²) in [5.41, 5.74) is 7.83. The number of carbonyl (C=O) groups is 1. The van der Waals surface area contributed by atoms with Crippen molar-refractivity contribution in [1.82, 2.24) is 0 Å². The molecule has 1 heterocycles. The second kappa shape index (κ2) is 9.18. The molecule has 9 heteroatoms. The van der Waals surface area contributed by atoms with Gasteiger partial charge in [-0.2, -0.15) is 17.6 Å². The van der Waals surface area contributed by atoms with Crippen molar-refractivity contribution in [3.63, 3.8) is 0 Å². The summed E-state index contributed by atoms with van der Waals surface area (Å²) in [5, 5.41) is 9.54. The Morgan fingerprint density at radius 3 is 2.53 bits per heavy atom. The van der Waals surface area contributed by atoms with Gasteiger partial charge in [0.2, 0.25) is 0 Å². The van der Waals surface area contributed by atoms with E-state index in [2.05, 4.69) is 0 Å². The average molecular weight is 473 g/mol. The number of aliphatic carboxylic acids is 1. The molecule has 4 aromatic rings. The van der Waals surface area contributed by atoms with E-state index in [1.807, 2.05) is 12.1 Å². The predicted octanol–water partition coefficient (Wildman–Crippen LogP) is 5.92. The fourth-order valence-corrected chi connectivity index (χ4v) is 3.68. The van der Waals surface area contributed by atoms with Gasteiger partial charge in [-0.15, -0.1) is 0 Å². The van der Waals surface area contributed by atoms with Crippen LogP contribution in [0.15, 0.2) is 65.1 Å². The summed E-state index contributed by atoms with van der Waals surface area (Å²) in [4.78, 5) is 11.1. The highest BCUT2D eigenvalue weighted by molar-refractivity contribution is 5.93. The van der Waals surface area contributed by atoms with Gasteiger partial charge in [0, 0.05) is 29.1 Å². The number of fused-ring (bicyclic) bond motifs is 1. The van der Waals surface area contributed by atoms with E-state index in [1.54, 1.807) is 24.3 Å². The number of ether oxygens (including phenoxy) is 1. The van der Waals surface area contributed by atoms with Gasteiger partial charge in [0.05, 0.1) is 12.0 Å². The zero-order valence-corrected chi connectivity index (χ0v) is 17.7. The predicted molar refractivity (Wildman–Crippen MR) is 117 cm³/mol. The van der Waals surface area contributed by atoms with E-state index in [1.165, 1.54) is 6.07 Å². The number of furan rings is 1. The number of hydrogen-bond acceptors (Lipinski definition) is 4. The molecule has 176 valence electrons. The number of hydrogen-bond donors (Lipinski definition) is 2. The van der Waals surface area contributed by atoms with Crippen molar-refractivity contribution < 1.29 is 36.6 Å². The molecule has 34 heavy (non-hydrogen) atoms. The van der Waals surface area contributed by atoms with Crippen LogP contribution in [0.4, 0.5) is 17.6 Å². The minimum Gasteiger partial charge on any atom is -0.489 e. The summed E-state index contributed by atoms with van der Waals surface area (Å²) in [6, 6.07) is 13.7. The standard InChI is InChI=1S/C25H19F4NO4/c26-22-9-18-7-15(8-20(24(18)34-22)16-3-1-2-14(6-16)12-30)13-33-21-11-19(25(27,28)29)5-4-17(21)10-23(31)32/h1-9,11H,10,12-13,30H2,(H,31,32). The third kappa shape index (κ3) is 5.04. The van der Waals surface area contributed by atoms with Crippen molar-refractivity contribution in [2.75, 3.05) is 0 Å². The summed E-state index contributed by atoms with van der Waals surface area (Å²) in [7, 11) is 0. The Morgan fingerprint density at radius 1 is 1.03 bits per heavy atom. The summed E-state index contributed by atoms with van der Waals surface area (Å²) < 4.78 is 64.3. The Morgan fingerprint density at radius 2 is 1.82 bits per heavy atom. The number of carboxylic acids is 1. The molecule has 0 aliphatic carbocycles. The molecule has 5 nitrogen and oxygen atoms in total. The molecule has 0 atom stereocenters. The van der Waals surface area contributed by atoms with Gasteiger partial charge < -0.3 is 20.0 Å². The van der Waals surface area contributed by atoms with Crippen LogP contribution < -0.4 is 10.5 Å². The van der Waals surface area contributed by atoms with Crippen molar-refractivity contribution >= 4 is 16.9 Å². The van der Waals surface area contributed by atoms with Crippen molar-refractivity contribution in [1.29, 1.82) is 0 Å². The van der Waals surface area contributed by atoms with Gasteiger partial charge in [-0.3, -0.25) is 4.79 Å². The Labute approximate surface area is 191 Å². The van der Waals surface area contributed by atoms with E-state index in [0.29, 0.717) is 28.6 Å². The average Bonchev–Trinajstić information content (AvgIpc) is 3.16. The lowest BCUT2D eigenvalue weighted by Crippen LogP contribution is -2.09. The molecule has 0 amide bonds. The van der Waals surface area contributed by atoms with E-state index in [9.17, 15) is 22.4 Å². The molecule has 0 bridgehead atoms. The quantitative estimate of drug-likeness (QED) is 0.325. The van der Waals surface area contributed by atoms with Crippen molar-refractivity contribution in [2.24, 2.45) is 5.73 Å². The molecule has 0 saturated carbocycles. The molecule has 0 radical (unpaired) electrons. The first-order valence-electron chi connectivity index (χ1n) is 10.2. The van der Waals surface area contributed by atoms with Gasteiger partial charge in [0.25, 0.3) is 6.01 Å². The molecule has 0 aliphatic heterocycles. The number of alkyl halides is 3. The maximum Gasteiger partial charge on any atom is 0.416 e. The van der Waals surface area contributed by atoms with Crippen LogP contribution >= 0.6 is 0 Å². The van der Waals surface area contributed by atoms with Gasteiger partial charge >= 0.3 is 12.1 Å². The Balaban J connectivity index is 1.72. The largest absolute Gasteiger partial charge is 0.489 e. The minimum absolute atomic E-state index is 0.104. The lowest BCUT2D eigenvalue weighted by atomic mass is 9.99. The molecule has 0 fully saturated rings. The van der Waals surface area contributed by atoms with Crippen LogP contribution in [0.25, 0.3) is 22.1 Å². The maximum absolute atomic E-state index is 13.9. The second-order valence-electron chi connectivity index (χ2n) is 7.70. The highest BCUT2D eigenvalue weighted by Crippen LogP contribution is 2.35. The van der Waals surface area contributed by atoms with Crippen LogP contribution in [0.1, 0.15) is 22.3 Å². The summed E-state index contributed by atoms with van der Waals surface area (Å²) in [6.45, 7) is 0.119. The van der Waals surface area contributed by atoms with Gasteiger partial charge in [-0.25, -0.2) is 0 Å². The molecule has 0 spiro atoms. The third-order valence-corrected chi connectivity index (χ3v) is 5.25. The molecule has 1 aromatic heterocycles. The van der Waals surface area contributed by atoms with Crippen LogP contribution in [0.5, 0.6) is 5.75 Å². The lowest BCUT2D eigenvalue weighted by molar-refractivity contribution is -0.137. The van der Waals surface area contributed by atoms with Crippen LogP contribution in [-0.2, 0) is 30.5 Å². The maximum atomic E-state index is 13.9. The number of carboxylic acid groups (broad SMARTS) is 1. The Hall–Kier alpha value is -3.85. The molecule has 0 saturated heterocycles. The Kier molecular flexibility index (Phi) is 6.30. The molecule has 4 rings (SSSR count). The fourth-order valence-electron chi connectivity index (χ4n) is 3.68. The van der Waals surface area contributed by atoms with Gasteiger partial charge in [-0.1, -0.05) is 24.3 Å². The van der Waals surface area contributed by atoms with Gasteiger partial charge in [0.15, 0.2) is 0 Å². The summed E-state index contributed by atoms with van der Waals surface area (Å²) in [6.07, 6.45) is -5.12. The van der Waals surface area contributed by atoms with E-state index in [0.717, 1.165) is 29.3 Å². The van der Waals surface area contributed by atoms with Crippen molar-refractivity contribution in [2.45, 2.75) is 25.7 Å². The smallest absolute Gasteiger partial charge is 0.416 e. The summed E-state index contributed by atoms with van der Waals surface area (Å²) >= 11 is 0. The summed E-state index contributed by atoms with van der Waals surface area (Å²) in [5.74, 6) is -1.40. The topological polar surface area (TPSA) is 85.7 Å². The number of halogens is 4. The van der Waals surface area contributed by atoms with E-state index < -0.39 is 30.1 Å². The van der Waals surface area contributed by atoms with Crippen LogP contribution in [0, 0.1) is 6.01 Å². The second-order valence-corrected chi connectivity index (χ2v) is 7.70. The molecule has 3 N–H and O–H groups in total. The first-order valence-corrected chi connectivity index (χ1v) is 10.2. The SMILES string of the molecule is NCc1cccc(-c2cc(COc3cc(C(F)(F)F)ccc3CC(=O)O)cc3cc(F)oc23)c1. The fraction of sp³-hybridized carbons (Fsp3) is 0.160. The monoisotopic (exact) mass is 473 g/mol. The van der Waals surface area contributed by atoms with Gasteiger partial charge in [0.1, 0.15) is 17.9 Å². The number of benzene rings is 3. The van der Waals surface area contributed by atoms with Crippen molar-refractivity contribution in [3.05, 3.63) is 88.9 Å². The number of nitrogens with two attached hydrogens (primary N) is 1. The molecular weight excluding hydrogens is 454 g/mol. The number of rotatable bonds is 7. The first-order chi connectivity index (χ1) is 16.1. The van der Waals surface area contributed by atoms with Crippen molar-refractivity contribution in [3.8, 4) is 16.9 Å². The Bertz CT molecular complexity index is 1360. The molecule has 0 unspecified atom stereocenters. The third-order valence-electron chi connectivity index (χ3n) is 5.25. The highest BCUT2D eigenvalue weighted by Gasteiger charge is 2.31. The van der Waals surface area contributed by atoms with Gasteiger partial charge in [-0.05, 0) is 47.0 Å². The first kappa shape index (κ1) is 23.3. The van der Waals surface area contributed by atoms with E-state index in [4.69, 9.17) is 20.0 Å². The van der Waals surface area contributed by atoms with E-state index in [-0.39, 0.29) is 17.9 Å². The normalized spacial score (nSPS) is 11.7. The van der Waals surface area contributed by atoms with Crippen LogP contribution in [-0.4, -0.2) is 11.1 Å². The molecule has 3 aromatic carbocycles. The zero-order chi connectivity index (χ0) is 24.5. The molecule has 0 aliphatic rings. The van der Waals surface area contributed by atoms with E-state index >= 15 is 0 Å². The molecular formula is C25H19F4NO4. The highest BCUT2D eigenvalue weighted by atomic mass is 19.4.